The number of benzene rings is 1. The highest BCUT2D eigenvalue weighted by Crippen LogP contribution is 2.28. The first-order valence-electron chi connectivity index (χ1n) is 6.83. The van der Waals surface area contributed by atoms with Crippen LogP contribution in [-0.4, -0.2) is 22.3 Å². The molecular weight excluding hydrogens is 289 g/mol. The Morgan fingerprint density at radius 3 is 2.90 bits per heavy atom. The maximum absolute atomic E-state index is 12.9. The molecule has 0 fully saturated rings. The van der Waals surface area contributed by atoms with Gasteiger partial charge in [0.05, 0.1) is 5.69 Å². The fraction of sp³-hybridized carbons (Fsp3) is 0.333. The molecule has 0 radical (unpaired) electrons. The Kier molecular flexibility index (Phi) is 3.98. The number of rotatable bonds is 3. The SMILES string of the molecule is CC(=O)Nc1nc2c(s1)CN(Cc1ccc(F)cc1)CC2. The Balaban J connectivity index is 1.67. The quantitative estimate of drug-likeness (QED) is 0.948. The Labute approximate surface area is 126 Å². The fourth-order valence-corrected chi connectivity index (χ4v) is 3.53. The molecule has 110 valence electrons. The van der Waals surface area contributed by atoms with Gasteiger partial charge in [0, 0.05) is 37.9 Å². The lowest BCUT2D eigenvalue weighted by Gasteiger charge is -2.25. The summed E-state index contributed by atoms with van der Waals surface area (Å²) in [6.07, 6.45) is 0.882. The standard InChI is InChI=1S/C15H16FN3OS/c1-10(20)17-15-18-13-6-7-19(9-14(13)21-15)8-11-2-4-12(16)5-3-11/h2-5H,6-9H2,1H3,(H,17,18,20). The molecule has 1 aliphatic heterocycles. The molecule has 6 heteroatoms. The van der Waals surface area contributed by atoms with Gasteiger partial charge in [0.1, 0.15) is 5.82 Å². The second-order valence-electron chi connectivity index (χ2n) is 5.16. The summed E-state index contributed by atoms with van der Waals surface area (Å²) in [6.45, 7) is 4.03. The second-order valence-corrected chi connectivity index (χ2v) is 6.24. The normalized spacial score (nSPS) is 14.8. The number of hydrogen-bond donors (Lipinski definition) is 1. The van der Waals surface area contributed by atoms with Gasteiger partial charge in [-0.05, 0) is 17.7 Å². The monoisotopic (exact) mass is 305 g/mol. The van der Waals surface area contributed by atoms with Gasteiger partial charge < -0.3 is 5.32 Å². The van der Waals surface area contributed by atoms with E-state index in [2.05, 4.69) is 15.2 Å². The topological polar surface area (TPSA) is 45.2 Å². The predicted octanol–water partition coefficient (Wildman–Crippen LogP) is 2.80. The Morgan fingerprint density at radius 2 is 2.19 bits per heavy atom. The van der Waals surface area contributed by atoms with E-state index < -0.39 is 0 Å². The summed E-state index contributed by atoms with van der Waals surface area (Å²) in [4.78, 5) is 19.0. The molecule has 4 nitrogen and oxygen atoms in total. The summed E-state index contributed by atoms with van der Waals surface area (Å²) in [5.41, 5.74) is 2.19. The zero-order valence-corrected chi connectivity index (χ0v) is 12.5. The van der Waals surface area contributed by atoms with E-state index in [0.717, 1.165) is 37.3 Å². The molecule has 1 aromatic carbocycles. The summed E-state index contributed by atoms with van der Waals surface area (Å²) in [7, 11) is 0. The zero-order chi connectivity index (χ0) is 14.8. The minimum atomic E-state index is -0.206. The van der Waals surface area contributed by atoms with Gasteiger partial charge in [-0.1, -0.05) is 12.1 Å². The van der Waals surface area contributed by atoms with Crippen LogP contribution in [0.5, 0.6) is 0 Å². The highest BCUT2D eigenvalue weighted by atomic mass is 32.1. The van der Waals surface area contributed by atoms with Crippen LogP contribution in [0.15, 0.2) is 24.3 Å². The average molecular weight is 305 g/mol. The molecule has 3 rings (SSSR count). The number of thiazole rings is 1. The minimum absolute atomic E-state index is 0.0933. The number of nitrogens with zero attached hydrogens (tertiary/aromatic N) is 2. The second kappa shape index (κ2) is 5.91. The van der Waals surface area contributed by atoms with E-state index in [1.165, 1.54) is 35.3 Å². The predicted molar refractivity (Wildman–Crippen MR) is 80.6 cm³/mol. The van der Waals surface area contributed by atoms with Crippen LogP contribution in [0.25, 0.3) is 0 Å². The van der Waals surface area contributed by atoms with Crippen LogP contribution < -0.4 is 5.32 Å². The van der Waals surface area contributed by atoms with Crippen molar-refractivity contribution in [3.05, 3.63) is 46.2 Å². The van der Waals surface area contributed by atoms with Gasteiger partial charge in [0.25, 0.3) is 0 Å². The van der Waals surface area contributed by atoms with Crippen molar-refractivity contribution < 1.29 is 9.18 Å². The maximum Gasteiger partial charge on any atom is 0.223 e. The molecule has 0 saturated heterocycles. The lowest BCUT2D eigenvalue weighted by atomic mass is 10.1. The van der Waals surface area contributed by atoms with E-state index in [1.807, 2.05) is 12.1 Å². The number of carbonyl (C=O) groups is 1. The van der Waals surface area contributed by atoms with Crippen LogP contribution >= 0.6 is 11.3 Å². The first kappa shape index (κ1) is 14.2. The number of fused-ring (bicyclic) bond motifs is 1. The third kappa shape index (κ3) is 3.46. The molecule has 2 aromatic rings. The van der Waals surface area contributed by atoms with Crippen molar-refractivity contribution in [3.63, 3.8) is 0 Å². The summed E-state index contributed by atoms with van der Waals surface area (Å²) in [5, 5.41) is 3.42. The number of carbonyl (C=O) groups excluding carboxylic acids is 1. The third-order valence-corrected chi connectivity index (χ3v) is 4.41. The number of nitrogens with one attached hydrogen (secondary N) is 1. The van der Waals surface area contributed by atoms with Gasteiger partial charge in [-0.3, -0.25) is 9.69 Å². The number of amides is 1. The lowest BCUT2D eigenvalue weighted by Crippen LogP contribution is -2.29. The Morgan fingerprint density at radius 1 is 1.43 bits per heavy atom. The van der Waals surface area contributed by atoms with E-state index in [0.29, 0.717) is 5.13 Å². The van der Waals surface area contributed by atoms with Crippen LogP contribution in [0.4, 0.5) is 9.52 Å². The molecular formula is C15H16FN3OS. The van der Waals surface area contributed by atoms with E-state index in [1.54, 1.807) is 0 Å². The molecule has 1 N–H and O–H groups in total. The van der Waals surface area contributed by atoms with Crippen molar-refractivity contribution in [2.75, 3.05) is 11.9 Å². The average Bonchev–Trinajstić information content (AvgIpc) is 2.82. The lowest BCUT2D eigenvalue weighted by molar-refractivity contribution is -0.114. The molecule has 0 spiro atoms. The van der Waals surface area contributed by atoms with Gasteiger partial charge in [-0.25, -0.2) is 9.37 Å². The minimum Gasteiger partial charge on any atom is -0.302 e. The third-order valence-electron chi connectivity index (χ3n) is 3.41. The molecule has 0 unspecified atom stereocenters. The fourth-order valence-electron chi connectivity index (χ4n) is 2.44. The van der Waals surface area contributed by atoms with Crippen LogP contribution in [0, 0.1) is 5.82 Å². The molecule has 1 aliphatic rings. The van der Waals surface area contributed by atoms with E-state index in [4.69, 9.17) is 0 Å². The van der Waals surface area contributed by atoms with Gasteiger partial charge in [-0.2, -0.15) is 0 Å². The van der Waals surface area contributed by atoms with Gasteiger partial charge in [0.2, 0.25) is 5.91 Å². The summed E-state index contributed by atoms with van der Waals surface area (Å²) in [5.74, 6) is -0.300. The van der Waals surface area contributed by atoms with Gasteiger partial charge >= 0.3 is 0 Å². The molecule has 21 heavy (non-hydrogen) atoms. The molecule has 0 bridgehead atoms. The molecule has 2 heterocycles. The first-order valence-corrected chi connectivity index (χ1v) is 7.65. The van der Waals surface area contributed by atoms with Crippen molar-refractivity contribution in [2.45, 2.75) is 26.4 Å². The summed E-state index contributed by atoms with van der Waals surface area (Å²) < 4.78 is 12.9. The number of hydrogen-bond acceptors (Lipinski definition) is 4. The maximum atomic E-state index is 12.9. The van der Waals surface area contributed by atoms with Gasteiger partial charge in [0.15, 0.2) is 5.13 Å². The largest absolute Gasteiger partial charge is 0.302 e. The van der Waals surface area contributed by atoms with Crippen LogP contribution in [0.1, 0.15) is 23.1 Å². The molecule has 1 aromatic heterocycles. The Bertz CT molecular complexity index is 653. The van der Waals surface area contributed by atoms with Gasteiger partial charge in [-0.15, -0.1) is 11.3 Å². The van der Waals surface area contributed by atoms with Crippen molar-refractivity contribution in [1.29, 1.82) is 0 Å². The molecule has 0 saturated carbocycles. The number of aromatic nitrogens is 1. The molecule has 0 atom stereocenters. The van der Waals surface area contributed by atoms with Crippen LogP contribution in [0.2, 0.25) is 0 Å². The number of anilines is 1. The van der Waals surface area contributed by atoms with Crippen molar-refractivity contribution in [3.8, 4) is 0 Å². The molecule has 0 aliphatic carbocycles. The van der Waals surface area contributed by atoms with E-state index >= 15 is 0 Å². The zero-order valence-electron chi connectivity index (χ0n) is 11.7. The Hall–Kier alpha value is -1.79. The van der Waals surface area contributed by atoms with E-state index in [9.17, 15) is 9.18 Å². The van der Waals surface area contributed by atoms with E-state index in [-0.39, 0.29) is 11.7 Å². The smallest absolute Gasteiger partial charge is 0.223 e. The molecule has 1 amide bonds. The van der Waals surface area contributed by atoms with Crippen molar-refractivity contribution in [2.24, 2.45) is 0 Å². The highest BCUT2D eigenvalue weighted by molar-refractivity contribution is 7.15. The highest BCUT2D eigenvalue weighted by Gasteiger charge is 2.21. The number of halogens is 1. The summed E-state index contributed by atoms with van der Waals surface area (Å²) in [6, 6.07) is 6.62. The van der Waals surface area contributed by atoms with Crippen LogP contribution in [-0.2, 0) is 24.3 Å². The van der Waals surface area contributed by atoms with Crippen molar-refractivity contribution >= 4 is 22.4 Å². The first-order chi connectivity index (χ1) is 10.1. The summed E-state index contributed by atoms with van der Waals surface area (Å²) >= 11 is 1.54. The van der Waals surface area contributed by atoms with Crippen LogP contribution in [0.3, 0.4) is 0 Å². The van der Waals surface area contributed by atoms with Crippen molar-refractivity contribution in [1.82, 2.24) is 9.88 Å².